The predicted molar refractivity (Wildman–Crippen MR) is 55.7 cm³/mol. The van der Waals surface area contributed by atoms with E-state index in [0.717, 1.165) is 31.7 Å². The van der Waals surface area contributed by atoms with E-state index >= 15 is 0 Å². The van der Waals surface area contributed by atoms with Crippen molar-refractivity contribution in [2.75, 3.05) is 18.9 Å². The molecule has 1 aromatic carbocycles. The Bertz CT molecular complexity index is 248. The van der Waals surface area contributed by atoms with Gasteiger partial charge in [0.1, 0.15) is 0 Å². The Morgan fingerprint density at radius 2 is 2.00 bits per heavy atom. The molecule has 0 unspecified atom stereocenters. The lowest BCUT2D eigenvalue weighted by molar-refractivity contribution is 0.138. The first-order chi connectivity index (χ1) is 6.34. The SMILES string of the molecule is CCCOCCc1ccccc1N. The van der Waals surface area contributed by atoms with E-state index < -0.39 is 0 Å². The molecule has 0 bridgehead atoms. The number of rotatable bonds is 5. The molecule has 0 spiro atoms. The molecule has 0 atom stereocenters. The molecular formula is C11H17NO. The van der Waals surface area contributed by atoms with Crippen molar-refractivity contribution in [1.29, 1.82) is 0 Å². The van der Waals surface area contributed by atoms with Crippen LogP contribution in [0.1, 0.15) is 18.9 Å². The number of benzene rings is 1. The van der Waals surface area contributed by atoms with Crippen LogP contribution >= 0.6 is 0 Å². The van der Waals surface area contributed by atoms with Crippen LogP contribution in [0.2, 0.25) is 0 Å². The third-order valence-corrected chi connectivity index (χ3v) is 1.92. The Balaban J connectivity index is 2.32. The molecule has 1 rings (SSSR count). The molecule has 0 saturated heterocycles. The van der Waals surface area contributed by atoms with Gasteiger partial charge in [-0.1, -0.05) is 25.1 Å². The van der Waals surface area contributed by atoms with Gasteiger partial charge in [0, 0.05) is 12.3 Å². The number of para-hydroxylation sites is 1. The minimum atomic E-state index is 0.766. The lowest BCUT2D eigenvalue weighted by Gasteiger charge is -2.05. The van der Waals surface area contributed by atoms with E-state index in [9.17, 15) is 0 Å². The third-order valence-electron chi connectivity index (χ3n) is 1.92. The van der Waals surface area contributed by atoms with Crippen LogP contribution in [0, 0.1) is 0 Å². The summed E-state index contributed by atoms with van der Waals surface area (Å²) in [5.41, 5.74) is 7.82. The summed E-state index contributed by atoms with van der Waals surface area (Å²) < 4.78 is 5.39. The highest BCUT2D eigenvalue weighted by atomic mass is 16.5. The minimum absolute atomic E-state index is 0.766. The van der Waals surface area contributed by atoms with E-state index in [1.54, 1.807) is 0 Å². The standard InChI is InChI=1S/C11H17NO/c1-2-8-13-9-7-10-5-3-4-6-11(10)12/h3-6H,2,7-9,12H2,1H3. The highest BCUT2D eigenvalue weighted by molar-refractivity contribution is 5.46. The first-order valence-corrected chi connectivity index (χ1v) is 4.75. The Morgan fingerprint density at radius 1 is 1.23 bits per heavy atom. The van der Waals surface area contributed by atoms with E-state index in [4.69, 9.17) is 10.5 Å². The zero-order chi connectivity index (χ0) is 9.52. The van der Waals surface area contributed by atoms with Gasteiger partial charge in [-0.25, -0.2) is 0 Å². The lowest BCUT2D eigenvalue weighted by Crippen LogP contribution is -2.01. The second-order valence-corrected chi connectivity index (χ2v) is 3.06. The second kappa shape index (κ2) is 5.60. The largest absolute Gasteiger partial charge is 0.399 e. The average Bonchev–Trinajstić information content (AvgIpc) is 2.15. The monoisotopic (exact) mass is 179 g/mol. The Kier molecular flexibility index (Phi) is 4.33. The molecule has 0 fully saturated rings. The third kappa shape index (κ3) is 3.47. The van der Waals surface area contributed by atoms with E-state index in [0.29, 0.717) is 0 Å². The number of hydrogen-bond acceptors (Lipinski definition) is 2. The Morgan fingerprint density at radius 3 is 2.69 bits per heavy atom. The van der Waals surface area contributed by atoms with Crippen molar-refractivity contribution in [3.63, 3.8) is 0 Å². The molecule has 0 aliphatic carbocycles. The molecule has 0 heterocycles. The molecule has 72 valence electrons. The van der Waals surface area contributed by atoms with E-state index in [-0.39, 0.29) is 0 Å². The zero-order valence-corrected chi connectivity index (χ0v) is 8.12. The average molecular weight is 179 g/mol. The minimum Gasteiger partial charge on any atom is -0.399 e. The summed E-state index contributed by atoms with van der Waals surface area (Å²) in [5.74, 6) is 0. The summed E-state index contributed by atoms with van der Waals surface area (Å²) >= 11 is 0. The highest BCUT2D eigenvalue weighted by Crippen LogP contribution is 2.10. The van der Waals surface area contributed by atoms with Crippen LogP contribution in [0.4, 0.5) is 5.69 Å². The summed E-state index contributed by atoms with van der Waals surface area (Å²) in [7, 11) is 0. The van der Waals surface area contributed by atoms with Crippen molar-refractivity contribution < 1.29 is 4.74 Å². The first-order valence-electron chi connectivity index (χ1n) is 4.75. The maximum absolute atomic E-state index is 5.78. The summed E-state index contributed by atoms with van der Waals surface area (Å²) in [6, 6.07) is 7.93. The summed E-state index contributed by atoms with van der Waals surface area (Å²) in [4.78, 5) is 0. The number of ether oxygens (including phenoxy) is 1. The van der Waals surface area contributed by atoms with Gasteiger partial charge < -0.3 is 10.5 Å². The maximum atomic E-state index is 5.78. The van der Waals surface area contributed by atoms with Gasteiger partial charge in [-0.05, 0) is 24.5 Å². The molecule has 0 aliphatic heterocycles. The molecule has 0 radical (unpaired) electrons. The summed E-state index contributed by atoms with van der Waals surface area (Å²) in [6.45, 7) is 3.71. The van der Waals surface area contributed by atoms with E-state index in [2.05, 4.69) is 6.92 Å². The fourth-order valence-corrected chi connectivity index (χ4v) is 1.19. The molecule has 2 N–H and O–H groups in total. The van der Waals surface area contributed by atoms with Crippen LogP contribution < -0.4 is 5.73 Å². The van der Waals surface area contributed by atoms with Gasteiger partial charge in [-0.15, -0.1) is 0 Å². The van der Waals surface area contributed by atoms with Crippen LogP contribution in [-0.4, -0.2) is 13.2 Å². The van der Waals surface area contributed by atoms with Gasteiger partial charge in [-0.3, -0.25) is 0 Å². The van der Waals surface area contributed by atoms with Gasteiger partial charge in [0.15, 0.2) is 0 Å². The van der Waals surface area contributed by atoms with Gasteiger partial charge in [0.2, 0.25) is 0 Å². The van der Waals surface area contributed by atoms with Crippen molar-refractivity contribution in [3.8, 4) is 0 Å². The molecule has 0 aliphatic rings. The molecule has 2 heteroatoms. The van der Waals surface area contributed by atoms with Crippen molar-refractivity contribution in [3.05, 3.63) is 29.8 Å². The molecule has 13 heavy (non-hydrogen) atoms. The van der Waals surface area contributed by atoms with Crippen LogP contribution in [0.5, 0.6) is 0 Å². The predicted octanol–water partition coefficient (Wildman–Crippen LogP) is 2.24. The van der Waals surface area contributed by atoms with Crippen molar-refractivity contribution in [2.45, 2.75) is 19.8 Å². The number of anilines is 1. The van der Waals surface area contributed by atoms with Gasteiger partial charge in [0.05, 0.1) is 6.61 Å². The Hall–Kier alpha value is -1.02. The molecule has 0 saturated carbocycles. The van der Waals surface area contributed by atoms with Crippen molar-refractivity contribution in [1.82, 2.24) is 0 Å². The van der Waals surface area contributed by atoms with E-state index in [1.165, 1.54) is 5.56 Å². The fraction of sp³-hybridized carbons (Fsp3) is 0.455. The van der Waals surface area contributed by atoms with Crippen molar-refractivity contribution >= 4 is 5.69 Å². The number of nitrogen functional groups attached to an aromatic ring is 1. The highest BCUT2D eigenvalue weighted by Gasteiger charge is 1.96. The van der Waals surface area contributed by atoms with Gasteiger partial charge >= 0.3 is 0 Å². The quantitative estimate of drug-likeness (QED) is 0.555. The summed E-state index contributed by atoms with van der Waals surface area (Å²) in [5, 5.41) is 0. The van der Waals surface area contributed by atoms with Crippen LogP contribution in [0.25, 0.3) is 0 Å². The molecule has 0 amide bonds. The zero-order valence-electron chi connectivity index (χ0n) is 8.12. The van der Waals surface area contributed by atoms with Gasteiger partial charge in [-0.2, -0.15) is 0 Å². The lowest BCUT2D eigenvalue weighted by atomic mass is 10.1. The Labute approximate surface area is 79.7 Å². The van der Waals surface area contributed by atoms with Crippen molar-refractivity contribution in [2.24, 2.45) is 0 Å². The molecular weight excluding hydrogens is 162 g/mol. The smallest absolute Gasteiger partial charge is 0.0507 e. The van der Waals surface area contributed by atoms with Gasteiger partial charge in [0.25, 0.3) is 0 Å². The number of nitrogens with two attached hydrogens (primary N) is 1. The molecule has 2 nitrogen and oxygen atoms in total. The second-order valence-electron chi connectivity index (χ2n) is 3.06. The maximum Gasteiger partial charge on any atom is 0.0507 e. The van der Waals surface area contributed by atoms with Crippen LogP contribution in [-0.2, 0) is 11.2 Å². The first kappa shape index (κ1) is 10.1. The van der Waals surface area contributed by atoms with Crippen LogP contribution in [0.15, 0.2) is 24.3 Å². The molecule has 1 aromatic rings. The normalized spacial score (nSPS) is 10.2. The van der Waals surface area contributed by atoms with Crippen LogP contribution in [0.3, 0.4) is 0 Å². The van der Waals surface area contributed by atoms with E-state index in [1.807, 2.05) is 24.3 Å². The topological polar surface area (TPSA) is 35.2 Å². The molecule has 0 aromatic heterocycles. The summed E-state index contributed by atoms with van der Waals surface area (Å²) in [6.07, 6.45) is 1.98. The fourth-order valence-electron chi connectivity index (χ4n) is 1.19. The number of hydrogen-bond donors (Lipinski definition) is 1.